The van der Waals surface area contributed by atoms with Crippen molar-refractivity contribution in [1.82, 2.24) is 5.32 Å². The van der Waals surface area contributed by atoms with Crippen LogP contribution in [0.15, 0.2) is 11.8 Å². The van der Waals surface area contributed by atoms with Gasteiger partial charge in [0.1, 0.15) is 5.75 Å². The summed E-state index contributed by atoms with van der Waals surface area (Å²) >= 11 is 0. The molecule has 0 aliphatic carbocycles. The van der Waals surface area contributed by atoms with Gasteiger partial charge in [-0.3, -0.25) is 9.35 Å². The highest BCUT2D eigenvalue weighted by Gasteiger charge is 2.08. The Morgan fingerprint density at radius 1 is 1.57 bits per heavy atom. The third-order valence-electron chi connectivity index (χ3n) is 1.23. The fraction of sp³-hybridized carbons (Fsp3) is 0.571. The van der Waals surface area contributed by atoms with Gasteiger partial charge in [-0.1, -0.05) is 0 Å². The van der Waals surface area contributed by atoms with Crippen molar-refractivity contribution in [2.45, 2.75) is 20.0 Å². The minimum Gasteiger partial charge on any atom is -0.392 e. The monoisotopic (exact) mass is 223 g/mol. The molecule has 0 fully saturated rings. The molecule has 7 heteroatoms. The minimum atomic E-state index is -3.97. The van der Waals surface area contributed by atoms with Crippen LogP contribution in [-0.2, 0) is 14.9 Å². The van der Waals surface area contributed by atoms with Crippen LogP contribution in [0, 0.1) is 0 Å². The van der Waals surface area contributed by atoms with Crippen LogP contribution in [0.3, 0.4) is 0 Å². The highest BCUT2D eigenvalue weighted by molar-refractivity contribution is 7.85. The van der Waals surface area contributed by atoms with Gasteiger partial charge in [-0.2, -0.15) is 8.42 Å². The zero-order chi connectivity index (χ0) is 11.4. The summed E-state index contributed by atoms with van der Waals surface area (Å²) in [7, 11) is -3.97. The number of aliphatic hydroxyl groups excluding tert-OH is 1. The van der Waals surface area contributed by atoms with Crippen molar-refractivity contribution in [3.8, 4) is 0 Å². The molecule has 1 heterocycles. The molecule has 0 saturated carbocycles. The maximum Gasteiger partial charge on any atom is 0.267 e. The molecule has 1 unspecified atom stereocenters. The molecule has 0 bridgehead atoms. The van der Waals surface area contributed by atoms with E-state index >= 15 is 0 Å². The fourth-order valence-corrected chi connectivity index (χ4v) is 1.19. The molecule has 14 heavy (non-hydrogen) atoms. The van der Waals surface area contributed by atoms with Crippen LogP contribution in [0.1, 0.15) is 13.8 Å². The summed E-state index contributed by atoms with van der Waals surface area (Å²) in [5.74, 6) is -0.539. The summed E-state index contributed by atoms with van der Waals surface area (Å²) < 4.78 is 27.7. The summed E-state index contributed by atoms with van der Waals surface area (Å²) in [6, 6.07) is 0. The Kier molecular flexibility index (Phi) is 4.75. The molecule has 1 rings (SSSR count). The van der Waals surface area contributed by atoms with Gasteiger partial charge in [0.05, 0.1) is 6.10 Å². The lowest BCUT2D eigenvalue weighted by Crippen LogP contribution is -2.28. The average molecular weight is 223 g/mol. The first-order valence-electron chi connectivity index (χ1n) is 3.83. The molecule has 6 nitrogen and oxygen atoms in total. The molecule has 1 aliphatic rings. The molecule has 1 amide bonds. The van der Waals surface area contributed by atoms with Gasteiger partial charge in [0, 0.05) is 11.8 Å². The summed E-state index contributed by atoms with van der Waals surface area (Å²) in [5, 5.41) is 10.8. The van der Waals surface area contributed by atoms with E-state index < -0.39 is 22.0 Å². The Bertz CT molecular complexity index is 330. The molecule has 1 aliphatic heterocycles. The molecule has 0 aromatic carbocycles. The second-order valence-corrected chi connectivity index (χ2v) is 4.40. The molecule has 0 radical (unpaired) electrons. The molecule has 0 saturated heterocycles. The summed E-state index contributed by atoms with van der Waals surface area (Å²) in [5.41, 5.74) is 0.815. The van der Waals surface area contributed by atoms with Crippen molar-refractivity contribution in [3.63, 3.8) is 0 Å². The van der Waals surface area contributed by atoms with Crippen molar-refractivity contribution < 1.29 is 22.9 Å². The predicted octanol–water partition coefficient (Wildman–Crippen LogP) is -0.725. The lowest BCUT2D eigenvalue weighted by molar-refractivity contribution is -0.118. The predicted molar refractivity (Wildman–Crippen MR) is 50.0 cm³/mol. The van der Waals surface area contributed by atoms with Gasteiger partial charge >= 0.3 is 0 Å². The first-order valence-corrected chi connectivity index (χ1v) is 5.44. The third-order valence-corrected chi connectivity index (χ3v) is 2.13. The van der Waals surface area contributed by atoms with Crippen molar-refractivity contribution in [2.75, 3.05) is 5.75 Å². The maximum absolute atomic E-state index is 10.1. The first kappa shape index (κ1) is 13.1. The smallest absolute Gasteiger partial charge is 0.267 e. The van der Waals surface area contributed by atoms with Crippen molar-refractivity contribution in [1.29, 1.82) is 0 Å². The van der Waals surface area contributed by atoms with Crippen LogP contribution in [-0.4, -0.2) is 35.8 Å². The molecule has 1 atom stereocenters. The van der Waals surface area contributed by atoms with E-state index in [0.717, 1.165) is 5.57 Å². The normalized spacial score (nSPS) is 16.9. The van der Waals surface area contributed by atoms with Gasteiger partial charge in [0.25, 0.3) is 16.0 Å². The van der Waals surface area contributed by atoms with Crippen molar-refractivity contribution >= 4 is 16.0 Å². The molecule has 0 aromatic rings. The standard InChI is InChI=1S/C4H5NO.C3H8O4S/c1-3-2-5-4(3)6;1-3(4)2-8(5,6)7/h2H,1H3,(H,5,6);3-4H,2H2,1H3,(H,5,6,7). The number of hydrogen-bond acceptors (Lipinski definition) is 4. The van der Waals surface area contributed by atoms with Crippen LogP contribution in [0.5, 0.6) is 0 Å². The molecule has 3 N–H and O–H groups in total. The second-order valence-electron chi connectivity index (χ2n) is 2.90. The van der Waals surface area contributed by atoms with E-state index in [1.807, 2.05) is 0 Å². The highest BCUT2D eigenvalue weighted by atomic mass is 32.2. The molecular formula is C7H13NO5S. The summed E-state index contributed by atoms with van der Waals surface area (Å²) in [6.07, 6.45) is 0.687. The number of amides is 1. The Morgan fingerprint density at radius 3 is 2.00 bits per heavy atom. The largest absolute Gasteiger partial charge is 0.392 e. The van der Waals surface area contributed by atoms with E-state index in [4.69, 9.17) is 9.66 Å². The van der Waals surface area contributed by atoms with Gasteiger partial charge in [-0.05, 0) is 13.8 Å². The molecule has 0 aromatic heterocycles. The molecular weight excluding hydrogens is 210 g/mol. The Morgan fingerprint density at radius 2 is 2.00 bits per heavy atom. The van der Waals surface area contributed by atoms with E-state index in [1.165, 1.54) is 6.92 Å². The topological polar surface area (TPSA) is 104 Å². The quantitative estimate of drug-likeness (QED) is 0.536. The fourth-order valence-electron chi connectivity index (χ4n) is 0.580. The number of hydrogen-bond donors (Lipinski definition) is 3. The highest BCUT2D eigenvalue weighted by Crippen LogP contribution is 1.97. The molecule has 0 spiro atoms. The Hall–Kier alpha value is -0.920. The lowest BCUT2D eigenvalue weighted by Gasteiger charge is -2.07. The zero-order valence-corrected chi connectivity index (χ0v) is 8.71. The lowest BCUT2D eigenvalue weighted by atomic mass is 10.2. The number of aliphatic hydroxyl groups is 1. The van der Waals surface area contributed by atoms with Crippen molar-refractivity contribution in [3.05, 3.63) is 11.8 Å². The van der Waals surface area contributed by atoms with Gasteiger partial charge in [0.2, 0.25) is 0 Å². The van der Waals surface area contributed by atoms with E-state index in [0.29, 0.717) is 0 Å². The van der Waals surface area contributed by atoms with E-state index in [2.05, 4.69) is 5.32 Å². The Labute approximate surface area is 82.4 Å². The maximum atomic E-state index is 10.1. The van der Waals surface area contributed by atoms with E-state index in [1.54, 1.807) is 13.1 Å². The SMILES string of the molecule is CC(O)CS(=O)(=O)O.CC1=CNC1=O. The van der Waals surface area contributed by atoms with Crippen LogP contribution >= 0.6 is 0 Å². The minimum absolute atomic E-state index is 0.0509. The van der Waals surface area contributed by atoms with Gasteiger partial charge in [-0.15, -0.1) is 0 Å². The summed E-state index contributed by atoms with van der Waals surface area (Å²) in [6.45, 7) is 3.06. The van der Waals surface area contributed by atoms with Crippen LogP contribution < -0.4 is 5.32 Å². The number of rotatable bonds is 2. The number of nitrogens with one attached hydrogen (secondary N) is 1. The molecule has 82 valence electrons. The first-order chi connectivity index (χ1) is 6.22. The van der Waals surface area contributed by atoms with Crippen LogP contribution in [0.25, 0.3) is 0 Å². The van der Waals surface area contributed by atoms with Gasteiger partial charge in [-0.25, -0.2) is 0 Å². The van der Waals surface area contributed by atoms with Gasteiger partial charge < -0.3 is 10.4 Å². The second kappa shape index (κ2) is 5.08. The van der Waals surface area contributed by atoms with E-state index in [9.17, 15) is 13.2 Å². The average Bonchev–Trinajstić information content (AvgIpc) is 1.97. The number of carbonyl (C=O) groups is 1. The van der Waals surface area contributed by atoms with Crippen molar-refractivity contribution in [2.24, 2.45) is 0 Å². The summed E-state index contributed by atoms with van der Waals surface area (Å²) in [4.78, 5) is 10.1. The van der Waals surface area contributed by atoms with Crippen LogP contribution in [0.2, 0.25) is 0 Å². The van der Waals surface area contributed by atoms with Gasteiger partial charge in [0.15, 0.2) is 0 Å². The number of carbonyl (C=O) groups excluding carboxylic acids is 1. The third kappa shape index (κ3) is 6.58. The van der Waals surface area contributed by atoms with E-state index in [-0.39, 0.29) is 5.91 Å². The zero-order valence-electron chi connectivity index (χ0n) is 7.89. The van der Waals surface area contributed by atoms with Crippen LogP contribution in [0.4, 0.5) is 0 Å². The Balaban J connectivity index is 0.000000249.